The van der Waals surface area contributed by atoms with Crippen molar-refractivity contribution in [2.24, 2.45) is 0 Å². The second-order valence-corrected chi connectivity index (χ2v) is 9.39. The molecule has 30 heavy (non-hydrogen) atoms. The maximum Gasteiger partial charge on any atom is 0.449 e. The predicted octanol–water partition coefficient (Wildman–Crippen LogP) is 3.28. The Bertz CT molecular complexity index is 1190. The van der Waals surface area contributed by atoms with Crippen LogP contribution in [0.15, 0.2) is 54.6 Å². The van der Waals surface area contributed by atoms with Crippen molar-refractivity contribution >= 4 is 32.5 Å². The van der Waals surface area contributed by atoms with Gasteiger partial charge in [0.05, 0.1) is 28.6 Å². The van der Waals surface area contributed by atoms with Gasteiger partial charge in [-0.15, -0.1) is 0 Å². The van der Waals surface area contributed by atoms with Crippen LogP contribution in [0.2, 0.25) is 0 Å². The van der Waals surface area contributed by atoms with Gasteiger partial charge < -0.3 is 9.47 Å². The maximum atomic E-state index is 13.6. The Morgan fingerprint density at radius 1 is 1.10 bits per heavy atom. The molecule has 1 amide bonds. The Hall–Kier alpha value is -2.88. The Kier molecular flexibility index (Phi) is 5.05. The summed E-state index contributed by atoms with van der Waals surface area (Å²) in [4.78, 5) is 18.2. The average Bonchev–Trinajstić information content (AvgIpc) is 3.23. The number of amides is 1. The highest BCUT2D eigenvalue weighted by molar-refractivity contribution is 7.91. The number of alkyl halides is 3. The number of rotatable bonds is 4. The number of halogens is 3. The minimum atomic E-state index is -4.74. The van der Waals surface area contributed by atoms with Crippen molar-refractivity contribution in [3.63, 3.8) is 0 Å². The molecule has 0 saturated carbocycles. The van der Waals surface area contributed by atoms with E-state index in [1.165, 1.54) is 17.0 Å². The van der Waals surface area contributed by atoms with E-state index in [0.29, 0.717) is 5.69 Å². The van der Waals surface area contributed by atoms with E-state index in [-0.39, 0.29) is 29.0 Å². The molecule has 1 unspecified atom stereocenters. The number of aromatic nitrogens is 2. The highest BCUT2D eigenvalue weighted by Gasteiger charge is 2.40. The Morgan fingerprint density at radius 3 is 2.40 bits per heavy atom. The van der Waals surface area contributed by atoms with E-state index in [9.17, 15) is 26.4 Å². The van der Waals surface area contributed by atoms with Crippen molar-refractivity contribution in [2.45, 2.75) is 25.2 Å². The molecule has 0 aliphatic carbocycles. The van der Waals surface area contributed by atoms with E-state index in [1.807, 2.05) is 0 Å². The molecule has 1 fully saturated rings. The molecule has 1 atom stereocenters. The third-order valence-corrected chi connectivity index (χ3v) is 6.83. The third kappa shape index (κ3) is 3.91. The van der Waals surface area contributed by atoms with Crippen molar-refractivity contribution < 1.29 is 26.4 Å². The smallest absolute Gasteiger partial charge is 0.311 e. The van der Waals surface area contributed by atoms with Gasteiger partial charge >= 0.3 is 6.18 Å². The molecular formula is C20H18F3N3O3S. The number of anilines is 1. The number of para-hydroxylation sites is 3. The highest BCUT2D eigenvalue weighted by Crippen LogP contribution is 2.32. The fourth-order valence-corrected chi connectivity index (χ4v) is 5.49. The molecule has 1 aromatic heterocycles. The zero-order valence-electron chi connectivity index (χ0n) is 15.7. The molecule has 0 bridgehead atoms. The van der Waals surface area contributed by atoms with Gasteiger partial charge in [0.15, 0.2) is 9.84 Å². The lowest BCUT2D eigenvalue weighted by atomic mass is 10.1. The summed E-state index contributed by atoms with van der Waals surface area (Å²) < 4.78 is 65.5. The summed E-state index contributed by atoms with van der Waals surface area (Å²) in [5.41, 5.74) is 0.764. The fraction of sp³-hybridized carbons (Fsp3) is 0.300. The second-order valence-electron chi connectivity index (χ2n) is 7.16. The summed E-state index contributed by atoms with van der Waals surface area (Å²) in [5.74, 6) is -2.07. The van der Waals surface area contributed by atoms with Crippen molar-refractivity contribution in [1.82, 2.24) is 9.55 Å². The number of carbonyl (C=O) groups is 1. The number of benzene rings is 2. The molecule has 2 heterocycles. The molecule has 158 valence electrons. The molecule has 0 spiro atoms. The zero-order valence-corrected chi connectivity index (χ0v) is 16.5. The van der Waals surface area contributed by atoms with E-state index in [1.54, 1.807) is 42.5 Å². The summed E-state index contributed by atoms with van der Waals surface area (Å²) in [6.07, 6.45) is -4.51. The Morgan fingerprint density at radius 2 is 1.77 bits per heavy atom. The standard InChI is InChI=1S/C20H18F3N3O3S/c21-20(22,23)19-24-16-8-4-5-9-17(16)25(19)12-18(27)26(14-6-2-1-3-7-14)15-10-11-30(28,29)13-15/h1-9,15H,10-13H2. The van der Waals surface area contributed by atoms with Crippen molar-refractivity contribution in [2.75, 3.05) is 16.4 Å². The molecule has 0 N–H and O–H groups in total. The quantitative estimate of drug-likeness (QED) is 0.628. The molecule has 4 rings (SSSR count). The van der Waals surface area contributed by atoms with E-state index in [2.05, 4.69) is 4.98 Å². The van der Waals surface area contributed by atoms with E-state index in [4.69, 9.17) is 0 Å². The second kappa shape index (κ2) is 7.42. The first-order chi connectivity index (χ1) is 14.2. The van der Waals surface area contributed by atoms with Crippen LogP contribution in [0.5, 0.6) is 0 Å². The Balaban J connectivity index is 1.75. The largest absolute Gasteiger partial charge is 0.449 e. The number of sulfone groups is 1. The lowest BCUT2D eigenvalue weighted by Crippen LogP contribution is -2.43. The summed E-state index contributed by atoms with van der Waals surface area (Å²) in [5, 5.41) is 0. The number of hydrogen-bond acceptors (Lipinski definition) is 4. The number of nitrogens with zero attached hydrogens (tertiary/aromatic N) is 3. The van der Waals surface area contributed by atoms with Crippen LogP contribution in [0.1, 0.15) is 12.2 Å². The summed E-state index contributed by atoms with van der Waals surface area (Å²) in [7, 11) is -3.30. The maximum absolute atomic E-state index is 13.6. The SMILES string of the molecule is O=C(Cn1c(C(F)(F)F)nc2ccccc21)N(c1ccccc1)C1CCS(=O)(=O)C1. The summed E-state index contributed by atoms with van der Waals surface area (Å²) >= 11 is 0. The van der Waals surface area contributed by atoms with Crippen molar-refractivity contribution in [1.29, 1.82) is 0 Å². The van der Waals surface area contributed by atoms with Crippen LogP contribution in [0.25, 0.3) is 11.0 Å². The van der Waals surface area contributed by atoms with Crippen LogP contribution in [-0.2, 0) is 27.4 Å². The van der Waals surface area contributed by atoms with Crippen LogP contribution in [-0.4, -0.2) is 41.4 Å². The minimum Gasteiger partial charge on any atom is -0.311 e. The van der Waals surface area contributed by atoms with Gasteiger partial charge in [0.2, 0.25) is 11.7 Å². The molecule has 2 aromatic carbocycles. The molecule has 6 nitrogen and oxygen atoms in total. The highest BCUT2D eigenvalue weighted by atomic mass is 32.2. The van der Waals surface area contributed by atoms with E-state index >= 15 is 0 Å². The third-order valence-electron chi connectivity index (χ3n) is 5.08. The minimum absolute atomic E-state index is 0.0594. The van der Waals surface area contributed by atoms with Crippen LogP contribution >= 0.6 is 0 Å². The predicted molar refractivity (Wildman–Crippen MR) is 106 cm³/mol. The monoisotopic (exact) mass is 437 g/mol. The van der Waals surface area contributed by atoms with E-state index < -0.39 is 40.3 Å². The number of fused-ring (bicyclic) bond motifs is 1. The van der Waals surface area contributed by atoms with Gasteiger partial charge in [-0.25, -0.2) is 13.4 Å². The Labute approximate surface area is 170 Å². The average molecular weight is 437 g/mol. The first-order valence-corrected chi connectivity index (χ1v) is 11.1. The van der Waals surface area contributed by atoms with Gasteiger partial charge in [-0.05, 0) is 30.7 Å². The normalized spacial score (nSPS) is 18.6. The molecule has 1 saturated heterocycles. The number of carbonyl (C=O) groups excluding carboxylic acids is 1. The van der Waals surface area contributed by atoms with Gasteiger partial charge in [0.25, 0.3) is 0 Å². The van der Waals surface area contributed by atoms with Crippen LogP contribution in [0.3, 0.4) is 0 Å². The molecular weight excluding hydrogens is 419 g/mol. The van der Waals surface area contributed by atoms with E-state index in [0.717, 1.165) is 4.57 Å². The zero-order chi connectivity index (χ0) is 21.5. The van der Waals surface area contributed by atoms with Gasteiger partial charge in [-0.1, -0.05) is 30.3 Å². The van der Waals surface area contributed by atoms with Crippen molar-refractivity contribution in [3.05, 3.63) is 60.4 Å². The fourth-order valence-electron chi connectivity index (χ4n) is 3.79. The molecule has 1 aliphatic rings. The number of hydrogen-bond donors (Lipinski definition) is 0. The topological polar surface area (TPSA) is 72.3 Å². The summed E-state index contributed by atoms with van der Waals surface area (Å²) in [6.45, 7) is -0.610. The summed E-state index contributed by atoms with van der Waals surface area (Å²) in [6, 6.07) is 13.8. The van der Waals surface area contributed by atoms with Crippen LogP contribution < -0.4 is 4.90 Å². The number of imidazole rings is 1. The van der Waals surface area contributed by atoms with Gasteiger partial charge in [0, 0.05) is 5.69 Å². The molecule has 0 radical (unpaired) electrons. The molecule has 1 aliphatic heterocycles. The lowest BCUT2D eigenvalue weighted by molar-refractivity contribution is -0.147. The van der Waals surface area contributed by atoms with Crippen LogP contribution in [0, 0.1) is 0 Å². The van der Waals surface area contributed by atoms with Crippen LogP contribution in [0.4, 0.5) is 18.9 Å². The van der Waals surface area contributed by atoms with Gasteiger partial charge in [0.1, 0.15) is 6.54 Å². The van der Waals surface area contributed by atoms with Gasteiger partial charge in [-0.2, -0.15) is 13.2 Å². The first-order valence-electron chi connectivity index (χ1n) is 9.26. The first kappa shape index (κ1) is 20.4. The molecule has 3 aromatic rings. The lowest BCUT2D eigenvalue weighted by Gasteiger charge is -2.29. The molecule has 10 heteroatoms. The van der Waals surface area contributed by atoms with Crippen molar-refractivity contribution in [3.8, 4) is 0 Å². The van der Waals surface area contributed by atoms with Gasteiger partial charge in [-0.3, -0.25) is 4.79 Å².